The first-order chi connectivity index (χ1) is 19.6. The Morgan fingerprint density at radius 2 is 1.80 bits per heavy atom. The number of nitrogens with zero attached hydrogens (tertiary/aromatic N) is 2. The maximum absolute atomic E-state index is 13.7. The van der Waals surface area contributed by atoms with Crippen LogP contribution >= 0.6 is 0 Å². The highest BCUT2D eigenvalue weighted by molar-refractivity contribution is 5.81. The van der Waals surface area contributed by atoms with E-state index in [1.54, 1.807) is 26.2 Å². The van der Waals surface area contributed by atoms with Gasteiger partial charge in [0, 0.05) is 33.9 Å². The highest BCUT2D eigenvalue weighted by atomic mass is 16.5. The fraction of sp³-hybridized carbons (Fsp3) is 0.677. The first-order valence-corrected chi connectivity index (χ1v) is 14.7. The molecular formula is C31H50N4O6. The van der Waals surface area contributed by atoms with Crippen molar-refractivity contribution in [3.63, 3.8) is 0 Å². The van der Waals surface area contributed by atoms with Crippen molar-refractivity contribution in [2.75, 3.05) is 34.4 Å². The standard InChI is InChI=1S/C31H50N4O6/c1-8-21(2)29(34(5)28(38)19-32-20-36)26(40-6)18-27(37)35-16-12-15-25(35)30(41-7)23(4)31(39)33-22(3)17-24-13-10-9-11-14-24/h9-11,13-14,20-23,25-26,29-30H,8,12,15-19H2,1-7H3,(H,32,36)(H,33,39)/t21?,22?,23?,25?,26?,29-,30?/m0/s1. The topological polar surface area (TPSA) is 117 Å². The van der Waals surface area contributed by atoms with Crippen LogP contribution in [-0.4, -0.2) is 98.6 Å². The SMILES string of the molecule is CCC(C)[C@@H](C(CC(=O)N1CCCC1C(OC)C(C)C(=O)NC(C)Cc1ccccc1)OC)N(C)C(=O)CNC=O. The second kappa shape index (κ2) is 17.1. The number of benzene rings is 1. The van der Waals surface area contributed by atoms with Crippen LogP contribution in [0.4, 0.5) is 0 Å². The molecule has 7 atom stereocenters. The van der Waals surface area contributed by atoms with Crippen molar-refractivity contribution < 1.29 is 28.7 Å². The Hall–Kier alpha value is -2.98. The molecule has 1 aromatic carbocycles. The van der Waals surface area contributed by atoms with E-state index in [1.165, 1.54) is 0 Å². The Morgan fingerprint density at radius 1 is 1.12 bits per heavy atom. The van der Waals surface area contributed by atoms with E-state index in [9.17, 15) is 19.2 Å². The van der Waals surface area contributed by atoms with Gasteiger partial charge in [-0.3, -0.25) is 19.2 Å². The van der Waals surface area contributed by atoms with Crippen LogP contribution in [0.15, 0.2) is 30.3 Å². The van der Waals surface area contributed by atoms with Crippen molar-refractivity contribution in [2.24, 2.45) is 11.8 Å². The van der Waals surface area contributed by atoms with Gasteiger partial charge in [0.2, 0.25) is 24.1 Å². The van der Waals surface area contributed by atoms with Crippen LogP contribution in [0, 0.1) is 11.8 Å². The van der Waals surface area contributed by atoms with Crippen molar-refractivity contribution in [2.45, 2.75) is 90.1 Å². The van der Waals surface area contributed by atoms with Crippen molar-refractivity contribution in [3.8, 4) is 0 Å². The van der Waals surface area contributed by atoms with Crippen LogP contribution in [0.1, 0.15) is 58.9 Å². The third kappa shape index (κ3) is 9.53. The average molecular weight is 575 g/mol. The molecule has 0 aliphatic carbocycles. The van der Waals surface area contributed by atoms with Crippen LogP contribution in [-0.2, 0) is 35.1 Å². The second-order valence-corrected chi connectivity index (χ2v) is 11.2. The molecule has 1 aliphatic rings. The minimum atomic E-state index is -0.538. The largest absolute Gasteiger partial charge is 0.379 e. The summed E-state index contributed by atoms with van der Waals surface area (Å²) < 4.78 is 11.7. The molecule has 41 heavy (non-hydrogen) atoms. The molecule has 2 rings (SSSR count). The molecule has 1 saturated heterocycles. The van der Waals surface area contributed by atoms with Gasteiger partial charge in [0.1, 0.15) is 0 Å². The smallest absolute Gasteiger partial charge is 0.242 e. The van der Waals surface area contributed by atoms with E-state index in [-0.39, 0.29) is 54.7 Å². The van der Waals surface area contributed by atoms with Gasteiger partial charge in [-0.1, -0.05) is 57.5 Å². The van der Waals surface area contributed by atoms with E-state index in [2.05, 4.69) is 10.6 Å². The van der Waals surface area contributed by atoms with Crippen LogP contribution in [0.3, 0.4) is 0 Å². The molecule has 0 aromatic heterocycles. The van der Waals surface area contributed by atoms with E-state index >= 15 is 0 Å². The summed E-state index contributed by atoms with van der Waals surface area (Å²) in [7, 11) is 4.83. The summed E-state index contributed by atoms with van der Waals surface area (Å²) >= 11 is 0. The number of amides is 4. The van der Waals surface area contributed by atoms with E-state index in [1.807, 2.05) is 62.9 Å². The van der Waals surface area contributed by atoms with Crippen molar-refractivity contribution in [3.05, 3.63) is 35.9 Å². The van der Waals surface area contributed by atoms with Crippen molar-refractivity contribution in [1.29, 1.82) is 0 Å². The number of likely N-dealkylation sites (tertiary alicyclic amines) is 1. The number of likely N-dealkylation sites (N-methyl/N-ethyl adjacent to an activating group) is 1. The molecule has 1 heterocycles. The van der Waals surface area contributed by atoms with Gasteiger partial charge < -0.3 is 29.9 Å². The van der Waals surface area contributed by atoms with Gasteiger partial charge in [0.05, 0.1) is 43.2 Å². The molecule has 1 aliphatic heterocycles. The number of ether oxygens (including phenoxy) is 2. The lowest BCUT2D eigenvalue weighted by Gasteiger charge is -2.39. The molecule has 0 bridgehead atoms. The zero-order chi connectivity index (χ0) is 30.5. The average Bonchev–Trinajstić information content (AvgIpc) is 3.45. The van der Waals surface area contributed by atoms with Gasteiger partial charge in [-0.15, -0.1) is 0 Å². The molecule has 0 saturated carbocycles. The minimum Gasteiger partial charge on any atom is -0.379 e. The number of methoxy groups -OCH3 is 2. The summed E-state index contributed by atoms with van der Waals surface area (Å²) in [6.07, 6.45) is 2.65. The third-order valence-corrected chi connectivity index (χ3v) is 8.41. The second-order valence-electron chi connectivity index (χ2n) is 11.2. The van der Waals surface area contributed by atoms with E-state index in [0.29, 0.717) is 13.0 Å². The summed E-state index contributed by atoms with van der Waals surface area (Å²) in [6.45, 7) is 8.35. The zero-order valence-electron chi connectivity index (χ0n) is 25.8. The molecule has 2 N–H and O–H groups in total. The molecule has 10 nitrogen and oxygen atoms in total. The van der Waals surface area contributed by atoms with Gasteiger partial charge in [0.25, 0.3) is 0 Å². The van der Waals surface area contributed by atoms with Crippen LogP contribution in [0.5, 0.6) is 0 Å². The molecule has 0 radical (unpaired) electrons. The Morgan fingerprint density at radius 3 is 2.39 bits per heavy atom. The lowest BCUT2D eigenvalue weighted by atomic mass is 9.90. The number of nitrogens with one attached hydrogen (secondary N) is 2. The molecule has 230 valence electrons. The molecular weight excluding hydrogens is 524 g/mol. The molecule has 1 aromatic rings. The summed E-state index contributed by atoms with van der Waals surface area (Å²) in [5.41, 5.74) is 1.15. The Balaban J connectivity index is 2.12. The first kappa shape index (κ1) is 34.2. The maximum atomic E-state index is 13.7. The number of rotatable bonds is 17. The van der Waals surface area contributed by atoms with E-state index < -0.39 is 18.1 Å². The van der Waals surface area contributed by atoms with Crippen LogP contribution in [0.2, 0.25) is 0 Å². The predicted octanol–water partition coefficient (Wildman–Crippen LogP) is 2.40. The highest BCUT2D eigenvalue weighted by Gasteiger charge is 2.42. The molecule has 10 heteroatoms. The number of carbonyl (C=O) groups is 4. The number of hydrogen-bond donors (Lipinski definition) is 2. The highest BCUT2D eigenvalue weighted by Crippen LogP contribution is 2.29. The van der Waals surface area contributed by atoms with Crippen molar-refractivity contribution in [1.82, 2.24) is 20.4 Å². The first-order valence-electron chi connectivity index (χ1n) is 14.7. The molecule has 4 amide bonds. The summed E-state index contributed by atoms with van der Waals surface area (Å²) in [6, 6.07) is 9.38. The normalized spacial score (nSPS) is 19.4. The van der Waals surface area contributed by atoms with Gasteiger partial charge >= 0.3 is 0 Å². The Labute approximate surface area is 245 Å². The minimum absolute atomic E-state index is 0.0486. The van der Waals surface area contributed by atoms with Crippen LogP contribution in [0.25, 0.3) is 0 Å². The summed E-state index contributed by atoms with van der Waals surface area (Å²) in [4.78, 5) is 53.8. The lowest BCUT2D eigenvalue weighted by Crippen LogP contribution is -2.54. The zero-order valence-corrected chi connectivity index (χ0v) is 25.8. The predicted molar refractivity (Wildman–Crippen MR) is 158 cm³/mol. The molecule has 1 fully saturated rings. The van der Waals surface area contributed by atoms with Crippen molar-refractivity contribution >= 4 is 24.1 Å². The lowest BCUT2D eigenvalue weighted by molar-refractivity contribution is -0.145. The van der Waals surface area contributed by atoms with E-state index in [4.69, 9.17) is 9.47 Å². The maximum Gasteiger partial charge on any atom is 0.242 e. The van der Waals surface area contributed by atoms with Gasteiger partial charge in [-0.25, -0.2) is 0 Å². The molecule has 6 unspecified atom stereocenters. The van der Waals surface area contributed by atoms with Gasteiger partial charge in [-0.2, -0.15) is 0 Å². The monoisotopic (exact) mass is 574 g/mol. The van der Waals surface area contributed by atoms with E-state index in [0.717, 1.165) is 31.2 Å². The summed E-state index contributed by atoms with van der Waals surface area (Å²) in [5.74, 6) is -0.851. The summed E-state index contributed by atoms with van der Waals surface area (Å²) in [5, 5.41) is 5.53. The number of hydrogen-bond acceptors (Lipinski definition) is 6. The Bertz CT molecular complexity index is 977. The van der Waals surface area contributed by atoms with Crippen LogP contribution < -0.4 is 10.6 Å². The Kier molecular flexibility index (Phi) is 14.3. The van der Waals surface area contributed by atoms with Gasteiger partial charge in [0.15, 0.2) is 0 Å². The number of carbonyl (C=O) groups excluding carboxylic acids is 4. The fourth-order valence-electron chi connectivity index (χ4n) is 5.97. The van der Waals surface area contributed by atoms with Gasteiger partial charge in [-0.05, 0) is 37.7 Å². The third-order valence-electron chi connectivity index (χ3n) is 8.41. The quantitative estimate of drug-likeness (QED) is 0.276. The fourth-order valence-corrected chi connectivity index (χ4v) is 5.97. The molecule has 0 spiro atoms.